The predicted molar refractivity (Wildman–Crippen MR) is 82.6 cm³/mol. The first kappa shape index (κ1) is 14.1. The topological polar surface area (TPSA) is 32.3 Å². The standard InChI is InChI=1S/C18H27NO/c1-13-10-17(2,3)12-18(20,11-13)16-15-7-5-4-6-14(15)8-9-19-16/h4-7,13,16,19-20H,8-12H2,1-3H3. The zero-order chi connectivity index (χ0) is 14.4. The summed E-state index contributed by atoms with van der Waals surface area (Å²) in [4.78, 5) is 0. The monoisotopic (exact) mass is 273 g/mol. The molecule has 2 aliphatic rings. The third-order valence-electron chi connectivity index (χ3n) is 5.03. The van der Waals surface area contributed by atoms with Gasteiger partial charge in [-0.2, -0.15) is 0 Å². The minimum atomic E-state index is -0.613. The number of nitrogens with one attached hydrogen (secondary N) is 1. The lowest BCUT2D eigenvalue weighted by atomic mass is 9.62. The van der Waals surface area contributed by atoms with Crippen molar-refractivity contribution >= 4 is 0 Å². The van der Waals surface area contributed by atoms with Gasteiger partial charge in [-0.05, 0) is 54.7 Å². The average molecular weight is 273 g/mol. The van der Waals surface area contributed by atoms with Gasteiger partial charge in [-0.25, -0.2) is 0 Å². The van der Waals surface area contributed by atoms with E-state index in [-0.39, 0.29) is 11.5 Å². The Bertz CT molecular complexity index is 496. The van der Waals surface area contributed by atoms with Crippen molar-refractivity contribution in [2.75, 3.05) is 6.54 Å². The molecule has 2 N–H and O–H groups in total. The maximum Gasteiger partial charge on any atom is 0.0849 e. The molecule has 1 saturated carbocycles. The van der Waals surface area contributed by atoms with E-state index in [9.17, 15) is 5.11 Å². The molecule has 3 unspecified atom stereocenters. The lowest BCUT2D eigenvalue weighted by Gasteiger charge is -2.50. The number of hydrogen-bond acceptors (Lipinski definition) is 2. The number of aliphatic hydroxyl groups is 1. The first-order valence-corrected chi connectivity index (χ1v) is 7.93. The van der Waals surface area contributed by atoms with Crippen molar-refractivity contribution in [1.82, 2.24) is 5.32 Å². The highest BCUT2D eigenvalue weighted by Crippen LogP contribution is 2.49. The Morgan fingerprint density at radius 2 is 1.95 bits per heavy atom. The number of rotatable bonds is 1. The molecule has 1 aromatic carbocycles. The molecule has 0 radical (unpaired) electrons. The lowest BCUT2D eigenvalue weighted by molar-refractivity contribution is -0.0859. The fraction of sp³-hybridized carbons (Fsp3) is 0.667. The van der Waals surface area contributed by atoms with Crippen LogP contribution in [-0.4, -0.2) is 17.3 Å². The highest BCUT2D eigenvalue weighted by Gasteiger charge is 2.47. The molecule has 110 valence electrons. The molecule has 0 aromatic heterocycles. The maximum absolute atomic E-state index is 11.4. The lowest BCUT2D eigenvalue weighted by Crippen LogP contribution is -2.52. The Kier molecular flexibility index (Phi) is 3.42. The molecule has 1 heterocycles. The summed E-state index contributed by atoms with van der Waals surface area (Å²) in [6, 6.07) is 8.70. The summed E-state index contributed by atoms with van der Waals surface area (Å²) in [6.07, 6.45) is 4.07. The van der Waals surface area contributed by atoms with Gasteiger partial charge in [-0.3, -0.25) is 0 Å². The van der Waals surface area contributed by atoms with Crippen LogP contribution in [0.2, 0.25) is 0 Å². The van der Waals surface area contributed by atoms with Gasteiger partial charge in [0.1, 0.15) is 0 Å². The zero-order valence-corrected chi connectivity index (χ0v) is 12.9. The van der Waals surface area contributed by atoms with E-state index < -0.39 is 5.60 Å². The van der Waals surface area contributed by atoms with Crippen LogP contribution in [0.15, 0.2) is 24.3 Å². The second kappa shape index (κ2) is 4.85. The first-order chi connectivity index (χ1) is 9.40. The van der Waals surface area contributed by atoms with Crippen molar-refractivity contribution in [3.05, 3.63) is 35.4 Å². The largest absolute Gasteiger partial charge is 0.388 e. The molecular formula is C18H27NO. The summed E-state index contributed by atoms with van der Waals surface area (Å²) < 4.78 is 0. The first-order valence-electron chi connectivity index (χ1n) is 7.93. The summed E-state index contributed by atoms with van der Waals surface area (Å²) in [5.41, 5.74) is 2.32. The average Bonchev–Trinajstić information content (AvgIpc) is 2.35. The van der Waals surface area contributed by atoms with Crippen molar-refractivity contribution in [1.29, 1.82) is 0 Å². The Morgan fingerprint density at radius 3 is 2.70 bits per heavy atom. The number of hydrogen-bond donors (Lipinski definition) is 2. The Morgan fingerprint density at radius 1 is 1.20 bits per heavy atom. The van der Waals surface area contributed by atoms with Crippen LogP contribution in [0, 0.1) is 11.3 Å². The number of benzene rings is 1. The van der Waals surface area contributed by atoms with Gasteiger partial charge in [-0.1, -0.05) is 45.0 Å². The highest BCUT2D eigenvalue weighted by molar-refractivity contribution is 5.34. The van der Waals surface area contributed by atoms with Crippen LogP contribution in [0.4, 0.5) is 0 Å². The molecule has 1 aliphatic heterocycles. The molecule has 1 fully saturated rings. The van der Waals surface area contributed by atoms with Gasteiger partial charge >= 0.3 is 0 Å². The smallest absolute Gasteiger partial charge is 0.0849 e. The van der Waals surface area contributed by atoms with Gasteiger partial charge < -0.3 is 10.4 Å². The van der Waals surface area contributed by atoms with Gasteiger partial charge in [0.2, 0.25) is 0 Å². The van der Waals surface area contributed by atoms with Crippen molar-refractivity contribution in [2.24, 2.45) is 11.3 Å². The van der Waals surface area contributed by atoms with Gasteiger partial charge in [-0.15, -0.1) is 0 Å². The van der Waals surface area contributed by atoms with Crippen molar-refractivity contribution in [3.63, 3.8) is 0 Å². The van der Waals surface area contributed by atoms with Crippen LogP contribution >= 0.6 is 0 Å². The Labute approximate surface area is 122 Å². The number of fused-ring (bicyclic) bond motifs is 1. The van der Waals surface area contributed by atoms with Crippen LogP contribution < -0.4 is 5.32 Å². The van der Waals surface area contributed by atoms with E-state index in [4.69, 9.17) is 0 Å². The van der Waals surface area contributed by atoms with Crippen LogP contribution in [0.5, 0.6) is 0 Å². The summed E-state index contributed by atoms with van der Waals surface area (Å²) in [7, 11) is 0. The van der Waals surface area contributed by atoms with Crippen molar-refractivity contribution in [3.8, 4) is 0 Å². The molecule has 20 heavy (non-hydrogen) atoms. The van der Waals surface area contributed by atoms with E-state index in [1.807, 2.05) is 0 Å². The second-order valence-corrected chi connectivity index (χ2v) is 7.79. The highest BCUT2D eigenvalue weighted by atomic mass is 16.3. The maximum atomic E-state index is 11.4. The Balaban J connectivity index is 1.96. The van der Waals surface area contributed by atoms with Crippen LogP contribution in [-0.2, 0) is 6.42 Å². The molecule has 0 spiro atoms. The summed E-state index contributed by atoms with van der Waals surface area (Å²) in [5, 5.41) is 15.0. The normalized spacial score (nSPS) is 36.4. The SMILES string of the molecule is CC1CC(C)(C)CC(O)(C2NCCc3ccccc32)C1. The summed E-state index contributed by atoms with van der Waals surface area (Å²) in [5.74, 6) is 0.583. The zero-order valence-electron chi connectivity index (χ0n) is 12.9. The van der Waals surface area contributed by atoms with Crippen molar-refractivity contribution in [2.45, 2.75) is 58.1 Å². The molecule has 0 saturated heterocycles. The Hall–Kier alpha value is -0.860. The van der Waals surface area contributed by atoms with E-state index >= 15 is 0 Å². The predicted octanol–water partition coefficient (Wildman–Crippen LogP) is 3.45. The van der Waals surface area contributed by atoms with Crippen LogP contribution in [0.1, 0.15) is 57.2 Å². The van der Waals surface area contributed by atoms with E-state index in [1.165, 1.54) is 17.5 Å². The van der Waals surface area contributed by atoms with Gasteiger partial charge in [0.05, 0.1) is 11.6 Å². The molecule has 2 nitrogen and oxygen atoms in total. The molecule has 1 aliphatic carbocycles. The molecule has 0 amide bonds. The van der Waals surface area contributed by atoms with E-state index in [0.717, 1.165) is 25.8 Å². The molecular weight excluding hydrogens is 246 g/mol. The third-order valence-corrected chi connectivity index (χ3v) is 5.03. The van der Waals surface area contributed by atoms with E-state index in [2.05, 4.69) is 50.4 Å². The second-order valence-electron chi connectivity index (χ2n) is 7.79. The minimum Gasteiger partial charge on any atom is -0.388 e. The van der Waals surface area contributed by atoms with Gasteiger partial charge in [0.15, 0.2) is 0 Å². The summed E-state index contributed by atoms with van der Waals surface area (Å²) in [6.45, 7) is 7.84. The van der Waals surface area contributed by atoms with E-state index in [1.54, 1.807) is 0 Å². The quantitative estimate of drug-likeness (QED) is 0.821. The van der Waals surface area contributed by atoms with Gasteiger partial charge in [0, 0.05) is 0 Å². The minimum absolute atomic E-state index is 0.0921. The van der Waals surface area contributed by atoms with Crippen LogP contribution in [0.25, 0.3) is 0 Å². The van der Waals surface area contributed by atoms with Crippen molar-refractivity contribution < 1.29 is 5.11 Å². The molecule has 3 rings (SSSR count). The molecule has 1 aromatic rings. The van der Waals surface area contributed by atoms with E-state index in [0.29, 0.717) is 5.92 Å². The summed E-state index contributed by atoms with van der Waals surface area (Å²) >= 11 is 0. The van der Waals surface area contributed by atoms with Crippen LogP contribution in [0.3, 0.4) is 0 Å². The fourth-order valence-corrected chi connectivity index (χ4v) is 4.80. The fourth-order valence-electron chi connectivity index (χ4n) is 4.80. The third kappa shape index (κ3) is 2.51. The van der Waals surface area contributed by atoms with Gasteiger partial charge in [0.25, 0.3) is 0 Å². The molecule has 0 bridgehead atoms. The molecule has 2 heteroatoms. The molecule has 3 atom stereocenters.